The Hall–Kier alpha value is -0.180. The monoisotopic (exact) mass is 188 g/mol. The summed E-state index contributed by atoms with van der Waals surface area (Å²) < 4.78 is 4.77. The molecule has 0 amide bonds. The lowest BCUT2D eigenvalue weighted by Crippen LogP contribution is -2.31. The van der Waals surface area contributed by atoms with Gasteiger partial charge in [-0.15, -0.1) is 0 Å². The van der Waals surface area contributed by atoms with Crippen LogP contribution in [0.25, 0.3) is 0 Å². The minimum atomic E-state index is -0.0194. The molecule has 0 radical (unpaired) electrons. The van der Waals surface area contributed by atoms with E-state index in [9.17, 15) is 4.79 Å². The van der Waals surface area contributed by atoms with E-state index in [1.165, 1.54) is 26.4 Å². The highest BCUT2D eigenvalue weighted by Gasteiger charge is 2.32. The van der Waals surface area contributed by atoms with Crippen LogP contribution < -0.4 is 0 Å². The summed E-state index contributed by atoms with van der Waals surface area (Å²) in [4.78, 5) is 11.3. The Morgan fingerprint density at radius 1 is 1.67 bits per heavy atom. The van der Waals surface area contributed by atoms with Gasteiger partial charge in [-0.05, 0) is 25.0 Å². The summed E-state index contributed by atoms with van der Waals surface area (Å²) in [6.45, 7) is 0. The number of methoxy groups -OCH3 is 1. The lowest BCUT2D eigenvalue weighted by Gasteiger charge is -2.31. The van der Waals surface area contributed by atoms with E-state index in [1.807, 2.05) is 6.26 Å². The van der Waals surface area contributed by atoms with Gasteiger partial charge in [0, 0.05) is 5.75 Å². The SMILES string of the molecule is COC(=O)C(CSC)C1CCC1. The number of carbonyl (C=O) groups is 1. The predicted octanol–water partition coefficient (Wildman–Crippen LogP) is 1.94. The second-order valence-corrected chi connectivity index (χ2v) is 4.19. The minimum absolute atomic E-state index is 0.0194. The fraction of sp³-hybridized carbons (Fsp3) is 0.889. The number of ether oxygens (including phenoxy) is 1. The van der Waals surface area contributed by atoms with E-state index in [1.54, 1.807) is 11.8 Å². The van der Waals surface area contributed by atoms with Gasteiger partial charge in [0.05, 0.1) is 13.0 Å². The van der Waals surface area contributed by atoms with Crippen LogP contribution in [0.15, 0.2) is 0 Å². The standard InChI is InChI=1S/C9H16O2S/c1-11-9(10)8(6-12-2)7-4-3-5-7/h7-8H,3-6H2,1-2H3. The van der Waals surface area contributed by atoms with E-state index in [-0.39, 0.29) is 11.9 Å². The van der Waals surface area contributed by atoms with E-state index in [0.29, 0.717) is 5.92 Å². The van der Waals surface area contributed by atoms with Gasteiger partial charge in [0.15, 0.2) is 0 Å². The third-order valence-electron chi connectivity index (χ3n) is 2.57. The molecule has 3 heteroatoms. The lowest BCUT2D eigenvalue weighted by atomic mass is 9.76. The van der Waals surface area contributed by atoms with Crippen LogP contribution >= 0.6 is 11.8 Å². The van der Waals surface area contributed by atoms with Crippen LogP contribution in [0.1, 0.15) is 19.3 Å². The van der Waals surface area contributed by atoms with Crippen molar-refractivity contribution in [2.45, 2.75) is 19.3 Å². The van der Waals surface area contributed by atoms with Crippen LogP contribution in [-0.2, 0) is 9.53 Å². The molecule has 1 aliphatic carbocycles. The van der Waals surface area contributed by atoms with Crippen LogP contribution in [0, 0.1) is 11.8 Å². The largest absolute Gasteiger partial charge is 0.469 e. The van der Waals surface area contributed by atoms with Gasteiger partial charge in [-0.25, -0.2) is 0 Å². The van der Waals surface area contributed by atoms with Crippen molar-refractivity contribution >= 4 is 17.7 Å². The zero-order chi connectivity index (χ0) is 8.97. The molecule has 0 N–H and O–H groups in total. The van der Waals surface area contributed by atoms with Crippen molar-refractivity contribution < 1.29 is 9.53 Å². The molecule has 70 valence electrons. The number of esters is 1. The molecule has 1 saturated carbocycles. The summed E-state index contributed by atoms with van der Waals surface area (Å²) in [5.41, 5.74) is 0. The van der Waals surface area contributed by atoms with Gasteiger partial charge >= 0.3 is 5.97 Å². The van der Waals surface area contributed by atoms with Crippen molar-refractivity contribution in [3.8, 4) is 0 Å². The van der Waals surface area contributed by atoms with Crippen molar-refractivity contribution in [3.63, 3.8) is 0 Å². The van der Waals surface area contributed by atoms with Gasteiger partial charge in [-0.1, -0.05) is 6.42 Å². The highest BCUT2D eigenvalue weighted by atomic mass is 32.2. The van der Waals surface area contributed by atoms with Gasteiger partial charge in [0.1, 0.15) is 0 Å². The highest BCUT2D eigenvalue weighted by molar-refractivity contribution is 7.98. The van der Waals surface area contributed by atoms with Gasteiger partial charge < -0.3 is 4.74 Å². The molecule has 1 fully saturated rings. The number of thioether (sulfide) groups is 1. The van der Waals surface area contributed by atoms with Crippen molar-refractivity contribution in [2.24, 2.45) is 11.8 Å². The van der Waals surface area contributed by atoms with Gasteiger partial charge in [-0.3, -0.25) is 4.79 Å². The van der Waals surface area contributed by atoms with Crippen LogP contribution in [0.3, 0.4) is 0 Å². The molecule has 1 unspecified atom stereocenters. The molecule has 0 heterocycles. The van der Waals surface area contributed by atoms with Crippen molar-refractivity contribution in [3.05, 3.63) is 0 Å². The highest BCUT2D eigenvalue weighted by Crippen LogP contribution is 2.35. The number of rotatable bonds is 4. The topological polar surface area (TPSA) is 26.3 Å². The fourth-order valence-corrected chi connectivity index (χ4v) is 2.34. The molecular weight excluding hydrogens is 172 g/mol. The summed E-state index contributed by atoms with van der Waals surface area (Å²) in [7, 11) is 1.48. The van der Waals surface area contributed by atoms with Crippen molar-refractivity contribution in [1.82, 2.24) is 0 Å². The summed E-state index contributed by atoms with van der Waals surface area (Å²) >= 11 is 1.73. The predicted molar refractivity (Wildman–Crippen MR) is 51.2 cm³/mol. The molecule has 0 aromatic rings. The Morgan fingerprint density at radius 3 is 2.67 bits per heavy atom. The first-order valence-electron chi connectivity index (χ1n) is 4.36. The first kappa shape index (κ1) is 9.90. The zero-order valence-corrected chi connectivity index (χ0v) is 8.52. The van der Waals surface area contributed by atoms with E-state index in [2.05, 4.69) is 0 Å². The Kier molecular flexibility index (Phi) is 3.92. The molecular formula is C9H16O2S. The van der Waals surface area contributed by atoms with E-state index in [0.717, 1.165) is 5.75 Å². The second-order valence-electron chi connectivity index (χ2n) is 3.28. The average Bonchev–Trinajstić information content (AvgIpc) is 1.99. The van der Waals surface area contributed by atoms with Crippen LogP contribution in [0.5, 0.6) is 0 Å². The van der Waals surface area contributed by atoms with Gasteiger partial charge in [0.25, 0.3) is 0 Å². The van der Waals surface area contributed by atoms with Crippen molar-refractivity contribution in [2.75, 3.05) is 19.1 Å². The molecule has 1 rings (SSSR count). The summed E-state index contributed by atoms with van der Waals surface area (Å²) in [5, 5.41) is 0. The average molecular weight is 188 g/mol. The molecule has 0 spiro atoms. The van der Waals surface area contributed by atoms with E-state index >= 15 is 0 Å². The summed E-state index contributed by atoms with van der Waals surface area (Å²) in [6, 6.07) is 0. The van der Waals surface area contributed by atoms with E-state index in [4.69, 9.17) is 4.74 Å². The number of carbonyl (C=O) groups excluding carboxylic acids is 1. The van der Waals surface area contributed by atoms with Crippen LogP contribution in [0.4, 0.5) is 0 Å². The number of hydrogen-bond acceptors (Lipinski definition) is 3. The normalized spacial score (nSPS) is 19.8. The molecule has 0 bridgehead atoms. The Bertz CT molecular complexity index is 155. The van der Waals surface area contributed by atoms with Gasteiger partial charge in [-0.2, -0.15) is 11.8 Å². The number of hydrogen-bond donors (Lipinski definition) is 0. The third-order valence-corrected chi connectivity index (χ3v) is 3.26. The molecule has 1 aliphatic rings. The smallest absolute Gasteiger partial charge is 0.309 e. The molecule has 2 nitrogen and oxygen atoms in total. The molecule has 0 aliphatic heterocycles. The maximum Gasteiger partial charge on any atom is 0.309 e. The maximum atomic E-state index is 11.3. The minimum Gasteiger partial charge on any atom is -0.469 e. The maximum absolute atomic E-state index is 11.3. The Labute approximate surface area is 78.1 Å². The van der Waals surface area contributed by atoms with Crippen LogP contribution in [0.2, 0.25) is 0 Å². The van der Waals surface area contributed by atoms with Crippen LogP contribution in [-0.4, -0.2) is 25.1 Å². The fourth-order valence-electron chi connectivity index (χ4n) is 1.57. The van der Waals surface area contributed by atoms with E-state index < -0.39 is 0 Å². The molecule has 12 heavy (non-hydrogen) atoms. The molecule has 1 atom stereocenters. The molecule has 0 aromatic heterocycles. The quantitative estimate of drug-likeness (QED) is 0.631. The summed E-state index contributed by atoms with van der Waals surface area (Å²) in [6.07, 6.45) is 5.74. The second kappa shape index (κ2) is 4.75. The van der Waals surface area contributed by atoms with Crippen molar-refractivity contribution in [1.29, 1.82) is 0 Å². The molecule has 0 saturated heterocycles. The lowest BCUT2D eigenvalue weighted by molar-refractivity contribution is -0.147. The summed E-state index contributed by atoms with van der Waals surface area (Å²) in [5.74, 6) is 1.65. The molecule has 0 aromatic carbocycles. The Morgan fingerprint density at radius 2 is 2.33 bits per heavy atom. The first-order chi connectivity index (χ1) is 5.79. The third kappa shape index (κ3) is 2.16. The zero-order valence-electron chi connectivity index (χ0n) is 7.71. The first-order valence-corrected chi connectivity index (χ1v) is 5.75. The Balaban J connectivity index is 2.41. The van der Waals surface area contributed by atoms with Gasteiger partial charge in [0.2, 0.25) is 0 Å².